The Bertz CT molecular complexity index is 568. The fraction of sp³-hybridized carbons (Fsp3) is 0.250. The second-order valence-electron chi connectivity index (χ2n) is 4.49. The molecule has 0 fully saturated rings. The van der Waals surface area contributed by atoms with Gasteiger partial charge < -0.3 is 10.1 Å². The van der Waals surface area contributed by atoms with Crippen LogP contribution in [0.1, 0.15) is 22.7 Å². The zero-order valence-electron chi connectivity index (χ0n) is 11.4. The summed E-state index contributed by atoms with van der Waals surface area (Å²) < 4.78 is 5.46. The highest BCUT2D eigenvalue weighted by Gasteiger charge is 2.18. The average Bonchev–Trinajstić information content (AvgIpc) is 2.42. The van der Waals surface area contributed by atoms with Gasteiger partial charge in [0.1, 0.15) is 5.75 Å². The van der Waals surface area contributed by atoms with Crippen LogP contribution in [-0.2, 0) is 0 Å². The summed E-state index contributed by atoms with van der Waals surface area (Å²) in [5.74, 6) is 0.866. The molecule has 1 unspecified atom stereocenters. The van der Waals surface area contributed by atoms with Crippen molar-refractivity contribution >= 4 is 11.6 Å². The smallest absolute Gasteiger partial charge is 0.124 e. The molecule has 0 aliphatic carbocycles. The van der Waals surface area contributed by atoms with E-state index in [1.807, 2.05) is 43.4 Å². The zero-order valence-corrected chi connectivity index (χ0v) is 12.2. The Morgan fingerprint density at radius 3 is 2.47 bits per heavy atom. The highest BCUT2D eigenvalue weighted by Crippen LogP contribution is 2.33. The molecule has 0 aliphatic heterocycles. The van der Waals surface area contributed by atoms with E-state index in [2.05, 4.69) is 18.3 Å². The number of rotatable bonds is 4. The molecule has 0 radical (unpaired) electrons. The summed E-state index contributed by atoms with van der Waals surface area (Å²) >= 11 is 6.30. The molecule has 0 aromatic heterocycles. The summed E-state index contributed by atoms with van der Waals surface area (Å²) in [6.07, 6.45) is 0. The molecule has 1 N–H and O–H groups in total. The number of benzene rings is 2. The van der Waals surface area contributed by atoms with E-state index in [0.717, 1.165) is 21.9 Å². The van der Waals surface area contributed by atoms with E-state index < -0.39 is 0 Å². The van der Waals surface area contributed by atoms with Crippen molar-refractivity contribution in [3.63, 3.8) is 0 Å². The molecule has 2 aromatic carbocycles. The van der Waals surface area contributed by atoms with Crippen LogP contribution in [0.4, 0.5) is 0 Å². The van der Waals surface area contributed by atoms with Crippen molar-refractivity contribution < 1.29 is 4.74 Å². The molecule has 0 amide bonds. The van der Waals surface area contributed by atoms with Gasteiger partial charge in [0.2, 0.25) is 0 Å². The molecule has 100 valence electrons. The molecule has 19 heavy (non-hydrogen) atoms. The van der Waals surface area contributed by atoms with Crippen molar-refractivity contribution in [1.82, 2.24) is 5.32 Å². The third-order valence-corrected chi connectivity index (χ3v) is 3.55. The summed E-state index contributed by atoms with van der Waals surface area (Å²) in [4.78, 5) is 0. The Kier molecular flexibility index (Phi) is 4.46. The Balaban J connectivity index is 2.54. The van der Waals surface area contributed by atoms with Gasteiger partial charge in [-0.15, -0.1) is 0 Å². The lowest BCUT2D eigenvalue weighted by molar-refractivity contribution is 0.405. The van der Waals surface area contributed by atoms with Gasteiger partial charge in [0.05, 0.1) is 13.2 Å². The predicted octanol–water partition coefficient (Wildman–Crippen LogP) is 3.97. The maximum absolute atomic E-state index is 6.30. The Labute approximate surface area is 119 Å². The minimum atomic E-state index is 0.0172. The first-order valence-electron chi connectivity index (χ1n) is 6.23. The average molecular weight is 276 g/mol. The summed E-state index contributed by atoms with van der Waals surface area (Å²) in [7, 11) is 3.61. The van der Waals surface area contributed by atoms with Crippen LogP contribution in [0.2, 0.25) is 5.02 Å². The number of aryl methyl sites for hydroxylation is 1. The van der Waals surface area contributed by atoms with Gasteiger partial charge in [-0.05, 0) is 31.7 Å². The molecule has 0 spiro atoms. The van der Waals surface area contributed by atoms with E-state index >= 15 is 0 Å². The largest absolute Gasteiger partial charge is 0.496 e. The summed E-state index contributed by atoms with van der Waals surface area (Å²) in [6, 6.07) is 14.1. The molecule has 0 saturated carbocycles. The lowest BCUT2D eigenvalue weighted by Crippen LogP contribution is -2.19. The zero-order chi connectivity index (χ0) is 13.8. The van der Waals surface area contributed by atoms with Crippen molar-refractivity contribution in [3.8, 4) is 5.75 Å². The number of hydrogen-bond acceptors (Lipinski definition) is 2. The van der Waals surface area contributed by atoms with Gasteiger partial charge in [-0.1, -0.05) is 47.5 Å². The molecule has 2 nitrogen and oxygen atoms in total. The van der Waals surface area contributed by atoms with Crippen molar-refractivity contribution in [2.45, 2.75) is 13.0 Å². The van der Waals surface area contributed by atoms with Gasteiger partial charge in [-0.2, -0.15) is 0 Å². The Morgan fingerprint density at radius 2 is 1.84 bits per heavy atom. The second-order valence-corrected chi connectivity index (χ2v) is 4.90. The normalized spacial score (nSPS) is 12.2. The third-order valence-electron chi connectivity index (χ3n) is 3.20. The van der Waals surface area contributed by atoms with E-state index in [0.29, 0.717) is 0 Å². The minimum Gasteiger partial charge on any atom is -0.496 e. The van der Waals surface area contributed by atoms with Crippen LogP contribution in [0.25, 0.3) is 0 Å². The molecule has 1 atom stereocenters. The highest BCUT2D eigenvalue weighted by atomic mass is 35.5. The molecule has 0 bridgehead atoms. The third kappa shape index (κ3) is 2.91. The SMILES string of the molecule is CNC(c1ccccc1Cl)c1cc(C)ccc1OC. The van der Waals surface area contributed by atoms with Gasteiger partial charge in [0.15, 0.2) is 0 Å². The first-order valence-corrected chi connectivity index (χ1v) is 6.61. The molecule has 3 heteroatoms. The number of nitrogens with one attached hydrogen (secondary N) is 1. The van der Waals surface area contributed by atoms with Crippen molar-refractivity contribution in [2.24, 2.45) is 0 Å². The van der Waals surface area contributed by atoms with Gasteiger partial charge in [0.25, 0.3) is 0 Å². The van der Waals surface area contributed by atoms with E-state index in [-0.39, 0.29) is 6.04 Å². The van der Waals surface area contributed by atoms with Gasteiger partial charge in [-0.3, -0.25) is 0 Å². The maximum atomic E-state index is 6.30. The van der Waals surface area contributed by atoms with Crippen molar-refractivity contribution in [2.75, 3.05) is 14.2 Å². The monoisotopic (exact) mass is 275 g/mol. The maximum Gasteiger partial charge on any atom is 0.124 e. The summed E-state index contributed by atoms with van der Waals surface area (Å²) in [5, 5.41) is 4.07. The Morgan fingerprint density at radius 1 is 1.11 bits per heavy atom. The molecule has 2 aromatic rings. The van der Waals surface area contributed by atoms with Crippen molar-refractivity contribution in [3.05, 3.63) is 64.2 Å². The van der Waals surface area contributed by atoms with E-state index in [1.54, 1.807) is 7.11 Å². The lowest BCUT2D eigenvalue weighted by Gasteiger charge is -2.21. The minimum absolute atomic E-state index is 0.0172. The van der Waals surface area contributed by atoms with Gasteiger partial charge >= 0.3 is 0 Å². The van der Waals surface area contributed by atoms with E-state index in [1.165, 1.54) is 5.56 Å². The van der Waals surface area contributed by atoms with Crippen LogP contribution in [-0.4, -0.2) is 14.2 Å². The molecule has 0 heterocycles. The number of methoxy groups -OCH3 is 1. The van der Waals surface area contributed by atoms with Crippen molar-refractivity contribution in [1.29, 1.82) is 0 Å². The van der Waals surface area contributed by atoms with Gasteiger partial charge in [-0.25, -0.2) is 0 Å². The first-order chi connectivity index (χ1) is 9.17. The van der Waals surface area contributed by atoms with Crippen LogP contribution in [0, 0.1) is 6.92 Å². The van der Waals surface area contributed by atoms with Gasteiger partial charge in [0, 0.05) is 10.6 Å². The quantitative estimate of drug-likeness (QED) is 0.912. The predicted molar refractivity (Wildman–Crippen MR) is 80.1 cm³/mol. The molecular weight excluding hydrogens is 258 g/mol. The molecule has 2 rings (SSSR count). The summed E-state index contributed by atoms with van der Waals surface area (Å²) in [5.41, 5.74) is 3.34. The van der Waals surface area contributed by atoms with Crippen LogP contribution >= 0.6 is 11.6 Å². The van der Waals surface area contributed by atoms with Crippen LogP contribution in [0.3, 0.4) is 0 Å². The standard InChI is InChI=1S/C16H18ClNO/c1-11-8-9-15(19-3)13(10-11)16(18-2)12-6-4-5-7-14(12)17/h4-10,16,18H,1-3H3. The second kappa shape index (κ2) is 6.09. The van der Waals surface area contributed by atoms with E-state index in [9.17, 15) is 0 Å². The topological polar surface area (TPSA) is 21.3 Å². The number of hydrogen-bond donors (Lipinski definition) is 1. The number of ether oxygens (including phenoxy) is 1. The Hall–Kier alpha value is -1.51. The van der Waals surface area contributed by atoms with Crippen LogP contribution in [0.5, 0.6) is 5.75 Å². The fourth-order valence-electron chi connectivity index (χ4n) is 2.27. The lowest BCUT2D eigenvalue weighted by atomic mass is 9.96. The molecule has 0 saturated heterocycles. The van der Waals surface area contributed by atoms with Crippen LogP contribution < -0.4 is 10.1 Å². The highest BCUT2D eigenvalue weighted by molar-refractivity contribution is 6.31. The molecule has 0 aliphatic rings. The number of halogens is 1. The first kappa shape index (κ1) is 13.9. The summed E-state index contributed by atoms with van der Waals surface area (Å²) in [6.45, 7) is 2.07. The fourth-order valence-corrected chi connectivity index (χ4v) is 2.51. The van der Waals surface area contributed by atoms with E-state index in [4.69, 9.17) is 16.3 Å². The molecular formula is C16H18ClNO. The van der Waals surface area contributed by atoms with Crippen LogP contribution in [0.15, 0.2) is 42.5 Å².